The molecule has 0 saturated carbocycles. The Hall–Kier alpha value is -1.33. The van der Waals surface area contributed by atoms with E-state index in [2.05, 4.69) is 50.2 Å². The van der Waals surface area contributed by atoms with Gasteiger partial charge in [0.05, 0.1) is 12.4 Å². The van der Waals surface area contributed by atoms with Crippen LogP contribution in [0, 0.1) is 5.92 Å². The standard InChI is InChI=1S/C16H25N3OS/c1-12(2)7-17-9-15-5-6-16(21-15)11-20-14-8-18-19(10-14)13(3)4/h5-6,8,10,12-13,17H,7,9,11H2,1-4H3. The van der Waals surface area contributed by atoms with E-state index in [9.17, 15) is 0 Å². The minimum Gasteiger partial charge on any atom is -0.485 e. The molecular weight excluding hydrogens is 282 g/mol. The molecule has 0 fully saturated rings. The van der Waals surface area contributed by atoms with Crippen molar-refractivity contribution in [1.82, 2.24) is 15.1 Å². The Kier molecular flexibility index (Phi) is 5.82. The zero-order chi connectivity index (χ0) is 15.2. The third-order valence-corrected chi connectivity index (χ3v) is 4.12. The van der Waals surface area contributed by atoms with E-state index in [1.165, 1.54) is 9.75 Å². The first-order chi connectivity index (χ1) is 10.0. The summed E-state index contributed by atoms with van der Waals surface area (Å²) in [4.78, 5) is 2.60. The van der Waals surface area contributed by atoms with Crippen LogP contribution in [-0.4, -0.2) is 16.3 Å². The molecule has 5 heteroatoms. The Morgan fingerprint density at radius 1 is 1.24 bits per heavy atom. The van der Waals surface area contributed by atoms with E-state index < -0.39 is 0 Å². The van der Waals surface area contributed by atoms with Crippen molar-refractivity contribution in [3.05, 3.63) is 34.3 Å². The van der Waals surface area contributed by atoms with Crippen LogP contribution in [0.15, 0.2) is 24.5 Å². The van der Waals surface area contributed by atoms with Gasteiger partial charge in [-0.25, -0.2) is 0 Å². The van der Waals surface area contributed by atoms with Crippen LogP contribution in [0.1, 0.15) is 43.5 Å². The van der Waals surface area contributed by atoms with Crippen LogP contribution in [0.2, 0.25) is 0 Å². The van der Waals surface area contributed by atoms with Crippen molar-refractivity contribution in [2.24, 2.45) is 5.92 Å². The van der Waals surface area contributed by atoms with Gasteiger partial charge in [-0.1, -0.05) is 13.8 Å². The summed E-state index contributed by atoms with van der Waals surface area (Å²) in [5, 5.41) is 7.74. The van der Waals surface area contributed by atoms with E-state index in [1.807, 2.05) is 10.9 Å². The van der Waals surface area contributed by atoms with Gasteiger partial charge in [-0.3, -0.25) is 4.68 Å². The number of nitrogens with zero attached hydrogens (tertiary/aromatic N) is 2. The van der Waals surface area contributed by atoms with Crippen LogP contribution in [0.5, 0.6) is 5.75 Å². The first-order valence-corrected chi connectivity index (χ1v) is 8.31. The van der Waals surface area contributed by atoms with E-state index in [4.69, 9.17) is 4.74 Å². The molecule has 0 unspecified atom stereocenters. The third kappa shape index (κ3) is 5.17. The molecule has 0 aliphatic carbocycles. The lowest BCUT2D eigenvalue weighted by molar-refractivity contribution is 0.309. The van der Waals surface area contributed by atoms with Crippen LogP contribution in [0.25, 0.3) is 0 Å². The summed E-state index contributed by atoms with van der Waals surface area (Å²) in [6.45, 7) is 11.2. The first-order valence-electron chi connectivity index (χ1n) is 7.50. The van der Waals surface area contributed by atoms with Crippen molar-refractivity contribution in [1.29, 1.82) is 0 Å². The Labute approximate surface area is 131 Å². The van der Waals surface area contributed by atoms with E-state index in [1.54, 1.807) is 17.5 Å². The molecule has 1 N–H and O–H groups in total. The molecule has 0 bridgehead atoms. The lowest BCUT2D eigenvalue weighted by atomic mass is 10.2. The van der Waals surface area contributed by atoms with Crippen molar-refractivity contribution in [3.63, 3.8) is 0 Å². The number of hydrogen-bond donors (Lipinski definition) is 1. The fourth-order valence-electron chi connectivity index (χ4n) is 1.91. The second-order valence-electron chi connectivity index (χ2n) is 5.93. The zero-order valence-electron chi connectivity index (χ0n) is 13.3. The highest BCUT2D eigenvalue weighted by Gasteiger charge is 2.05. The second-order valence-corrected chi connectivity index (χ2v) is 7.18. The molecule has 2 aromatic heterocycles. The summed E-state index contributed by atoms with van der Waals surface area (Å²) in [6, 6.07) is 4.68. The highest BCUT2D eigenvalue weighted by molar-refractivity contribution is 7.11. The number of ether oxygens (including phenoxy) is 1. The van der Waals surface area contributed by atoms with Crippen molar-refractivity contribution in [3.8, 4) is 5.75 Å². The van der Waals surface area contributed by atoms with Gasteiger partial charge >= 0.3 is 0 Å². The predicted octanol–water partition coefficient (Wildman–Crippen LogP) is 3.85. The normalized spacial score (nSPS) is 11.5. The van der Waals surface area contributed by atoms with Crippen molar-refractivity contribution in [2.75, 3.05) is 6.54 Å². The van der Waals surface area contributed by atoms with Gasteiger partial charge in [0.1, 0.15) is 6.61 Å². The first kappa shape index (κ1) is 16.0. The predicted molar refractivity (Wildman–Crippen MR) is 87.8 cm³/mol. The zero-order valence-corrected chi connectivity index (χ0v) is 14.1. The molecule has 0 amide bonds. The van der Waals surface area contributed by atoms with Crippen molar-refractivity contribution < 1.29 is 4.74 Å². The fraction of sp³-hybridized carbons (Fsp3) is 0.562. The number of aromatic nitrogens is 2. The summed E-state index contributed by atoms with van der Waals surface area (Å²) in [7, 11) is 0. The van der Waals surface area contributed by atoms with Gasteiger partial charge in [0.2, 0.25) is 0 Å². The molecule has 0 atom stereocenters. The van der Waals surface area contributed by atoms with E-state index in [0.29, 0.717) is 18.6 Å². The molecule has 2 rings (SSSR count). The third-order valence-electron chi connectivity index (χ3n) is 3.06. The SMILES string of the molecule is CC(C)CNCc1ccc(COc2cnn(C(C)C)c2)s1. The quantitative estimate of drug-likeness (QED) is 0.805. The van der Waals surface area contributed by atoms with Gasteiger partial charge in [-0.2, -0.15) is 5.10 Å². The van der Waals surface area contributed by atoms with Crippen LogP contribution in [0.3, 0.4) is 0 Å². The summed E-state index contributed by atoms with van der Waals surface area (Å²) in [6.07, 6.45) is 3.72. The second kappa shape index (κ2) is 7.61. The topological polar surface area (TPSA) is 39.1 Å². The van der Waals surface area contributed by atoms with Gasteiger partial charge in [0.25, 0.3) is 0 Å². The number of nitrogens with one attached hydrogen (secondary N) is 1. The van der Waals surface area contributed by atoms with Crippen molar-refractivity contribution in [2.45, 2.75) is 46.9 Å². The largest absolute Gasteiger partial charge is 0.485 e. The minimum atomic E-state index is 0.364. The van der Waals surface area contributed by atoms with Crippen LogP contribution in [-0.2, 0) is 13.2 Å². The maximum atomic E-state index is 5.79. The Balaban J connectivity index is 1.79. The summed E-state index contributed by atoms with van der Waals surface area (Å²) < 4.78 is 7.69. The fourth-order valence-corrected chi connectivity index (χ4v) is 2.81. The van der Waals surface area contributed by atoms with Gasteiger partial charge < -0.3 is 10.1 Å². The molecule has 2 aromatic rings. The van der Waals surface area contributed by atoms with Crippen LogP contribution < -0.4 is 10.1 Å². The Morgan fingerprint density at radius 2 is 2.00 bits per heavy atom. The monoisotopic (exact) mass is 307 g/mol. The van der Waals surface area contributed by atoms with Crippen LogP contribution >= 0.6 is 11.3 Å². The molecule has 0 radical (unpaired) electrons. The molecule has 2 heterocycles. The number of thiophene rings is 1. The molecule has 116 valence electrons. The molecule has 0 aliphatic heterocycles. The smallest absolute Gasteiger partial charge is 0.157 e. The summed E-state index contributed by atoms with van der Waals surface area (Å²) in [5.74, 6) is 1.52. The van der Waals surface area contributed by atoms with Crippen molar-refractivity contribution >= 4 is 11.3 Å². The van der Waals surface area contributed by atoms with Gasteiger partial charge in [0, 0.05) is 22.3 Å². The molecule has 0 spiro atoms. The number of rotatable bonds is 8. The lowest BCUT2D eigenvalue weighted by Gasteiger charge is -2.05. The molecule has 0 aromatic carbocycles. The highest BCUT2D eigenvalue weighted by Crippen LogP contribution is 2.19. The lowest BCUT2D eigenvalue weighted by Crippen LogP contribution is -2.18. The maximum Gasteiger partial charge on any atom is 0.157 e. The average molecular weight is 307 g/mol. The average Bonchev–Trinajstić information content (AvgIpc) is 3.04. The summed E-state index contributed by atoms with van der Waals surface area (Å²) in [5.41, 5.74) is 0. The van der Waals surface area contributed by atoms with Gasteiger partial charge in [0.15, 0.2) is 5.75 Å². The molecule has 0 saturated heterocycles. The molecule has 0 aliphatic rings. The Morgan fingerprint density at radius 3 is 2.67 bits per heavy atom. The molecule has 21 heavy (non-hydrogen) atoms. The molecular formula is C16H25N3OS. The Bertz CT molecular complexity index is 545. The number of hydrogen-bond acceptors (Lipinski definition) is 4. The van der Waals surface area contributed by atoms with Gasteiger partial charge in [-0.05, 0) is 38.4 Å². The van der Waals surface area contributed by atoms with E-state index in [-0.39, 0.29) is 0 Å². The maximum absolute atomic E-state index is 5.79. The van der Waals surface area contributed by atoms with E-state index >= 15 is 0 Å². The highest BCUT2D eigenvalue weighted by atomic mass is 32.1. The minimum absolute atomic E-state index is 0.364. The van der Waals surface area contributed by atoms with E-state index in [0.717, 1.165) is 18.8 Å². The molecule has 4 nitrogen and oxygen atoms in total. The van der Waals surface area contributed by atoms with Gasteiger partial charge in [-0.15, -0.1) is 11.3 Å². The summed E-state index contributed by atoms with van der Waals surface area (Å²) >= 11 is 1.80. The van der Waals surface area contributed by atoms with Crippen LogP contribution in [0.4, 0.5) is 0 Å².